The lowest BCUT2D eigenvalue weighted by atomic mass is 10.1. The second-order valence-electron chi connectivity index (χ2n) is 5.83. The van der Waals surface area contributed by atoms with Crippen LogP contribution in [0.4, 0.5) is 17.3 Å². The molecule has 3 rings (SSSR count). The minimum Gasteiger partial charge on any atom is -0.366 e. The van der Waals surface area contributed by atoms with Gasteiger partial charge in [-0.25, -0.2) is 9.97 Å². The molecule has 0 fully saturated rings. The quantitative estimate of drug-likeness (QED) is 0.753. The number of aromatic nitrogens is 2. The summed E-state index contributed by atoms with van der Waals surface area (Å²) >= 11 is 0. The number of nitrogens with zero attached hydrogens (tertiary/aromatic N) is 3. The van der Waals surface area contributed by atoms with Gasteiger partial charge in [-0.15, -0.1) is 0 Å². The van der Waals surface area contributed by atoms with Gasteiger partial charge in [-0.3, -0.25) is 0 Å². The van der Waals surface area contributed by atoms with Gasteiger partial charge in [-0.2, -0.15) is 0 Å². The van der Waals surface area contributed by atoms with E-state index >= 15 is 0 Å². The molecule has 0 aliphatic carbocycles. The second kappa shape index (κ2) is 7.13. The van der Waals surface area contributed by atoms with Crippen LogP contribution in [-0.2, 0) is 6.54 Å². The van der Waals surface area contributed by atoms with Gasteiger partial charge < -0.3 is 10.2 Å². The Morgan fingerprint density at radius 1 is 0.917 bits per heavy atom. The molecule has 0 unspecified atom stereocenters. The molecule has 3 aromatic rings. The molecule has 4 heteroatoms. The van der Waals surface area contributed by atoms with Gasteiger partial charge in [0.2, 0.25) is 0 Å². The Hall–Kier alpha value is -2.88. The summed E-state index contributed by atoms with van der Waals surface area (Å²) in [5.74, 6) is 2.46. The lowest BCUT2D eigenvalue weighted by Crippen LogP contribution is -2.13. The number of benzene rings is 2. The highest BCUT2D eigenvalue weighted by Gasteiger charge is 2.08. The van der Waals surface area contributed by atoms with Crippen LogP contribution in [0.5, 0.6) is 0 Å². The van der Waals surface area contributed by atoms with E-state index in [1.54, 1.807) is 0 Å². The third-order valence-corrected chi connectivity index (χ3v) is 4.03. The van der Waals surface area contributed by atoms with E-state index in [2.05, 4.69) is 63.5 Å². The molecule has 0 atom stereocenters. The van der Waals surface area contributed by atoms with Gasteiger partial charge in [0.25, 0.3) is 0 Å². The fourth-order valence-corrected chi connectivity index (χ4v) is 2.59. The van der Waals surface area contributed by atoms with E-state index in [0.717, 1.165) is 29.7 Å². The standard InChI is InChI=1S/C20H22N4/c1-15-9-7-8-10-17(15)14-21-19-13-20(23-16(2)22-19)24(3)18-11-5-4-6-12-18/h4-13H,14H2,1-3H3,(H,21,22,23). The van der Waals surface area contributed by atoms with Gasteiger partial charge in [0.15, 0.2) is 0 Å². The molecule has 0 amide bonds. The minimum absolute atomic E-state index is 0.748. The first kappa shape index (κ1) is 16.0. The average molecular weight is 318 g/mol. The Morgan fingerprint density at radius 2 is 1.62 bits per heavy atom. The summed E-state index contributed by atoms with van der Waals surface area (Å²) in [5, 5.41) is 3.41. The van der Waals surface area contributed by atoms with Crippen LogP contribution in [0.1, 0.15) is 17.0 Å². The molecule has 2 aromatic carbocycles. The molecule has 0 aliphatic heterocycles. The molecule has 24 heavy (non-hydrogen) atoms. The van der Waals surface area contributed by atoms with Gasteiger partial charge in [0.05, 0.1) is 0 Å². The molecule has 0 radical (unpaired) electrons. The Morgan fingerprint density at radius 3 is 2.38 bits per heavy atom. The number of nitrogens with one attached hydrogen (secondary N) is 1. The number of rotatable bonds is 5. The van der Waals surface area contributed by atoms with Crippen LogP contribution in [0.2, 0.25) is 0 Å². The van der Waals surface area contributed by atoms with Crippen LogP contribution >= 0.6 is 0 Å². The third-order valence-electron chi connectivity index (χ3n) is 4.03. The summed E-state index contributed by atoms with van der Waals surface area (Å²) in [7, 11) is 2.02. The molecule has 0 saturated heterocycles. The van der Waals surface area contributed by atoms with Gasteiger partial charge in [0.1, 0.15) is 17.5 Å². The Labute approximate surface area is 143 Å². The number of hydrogen-bond donors (Lipinski definition) is 1. The maximum absolute atomic E-state index is 4.56. The smallest absolute Gasteiger partial charge is 0.138 e. The minimum atomic E-state index is 0.748. The maximum Gasteiger partial charge on any atom is 0.138 e. The SMILES string of the molecule is Cc1nc(NCc2ccccc2C)cc(N(C)c2ccccc2)n1. The second-order valence-corrected chi connectivity index (χ2v) is 5.83. The summed E-state index contributed by atoms with van der Waals surface area (Å²) in [5.41, 5.74) is 3.64. The molecule has 0 bridgehead atoms. The fraction of sp³-hybridized carbons (Fsp3) is 0.200. The van der Waals surface area contributed by atoms with Crippen molar-refractivity contribution in [1.82, 2.24) is 9.97 Å². The van der Waals surface area contributed by atoms with E-state index in [4.69, 9.17) is 0 Å². The van der Waals surface area contributed by atoms with Crippen molar-refractivity contribution in [2.75, 3.05) is 17.3 Å². The zero-order valence-electron chi connectivity index (χ0n) is 14.3. The molecule has 0 aliphatic rings. The van der Waals surface area contributed by atoms with E-state index < -0.39 is 0 Å². The lowest BCUT2D eigenvalue weighted by molar-refractivity contribution is 0.993. The maximum atomic E-state index is 4.56. The molecule has 0 saturated carbocycles. The van der Waals surface area contributed by atoms with E-state index in [0.29, 0.717) is 0 Å². The summed E-state index contributed by atoms with van der Waals surface area (Å²) in [6, 6.07) is 20.6. The van der Waals surface area contributed by atoms with E-state index in [9.17, 15) is 0 Å². The molecule has 4 nitrogen and oxygen atoms in total. The number of hydrogen-bond acceptors (Lipinski definition) is 4. The third kappa shape index (κ3) is 3.71. The summed E-state index contributed by atoms with van der Waals surface area (Å²) in [6.07, 6.45) is 0. The molecule has 1 heterocycles. The molecular weight excluding hydrogens is 296 g/mol. The predicted octanol–water partition coefficient (Wildman–Crippen LogP) is 4.47. The van der Waals surface area contributed by atoms with Crippen LogP contribution in [0, 0.1) is 13.8 Å². The van der Waals surface area contributed by atoms with Gasteiger partial charge >= 0.3 is 0 Å². The average Bonchev–Trinajstić information content (AvgIpc) is 2.61. The Kier molecular flexibility index (Phi) is 4.75. The van der Waals surface area contributed by atoms with E-state index in [1.165, 1.54) is 11.1 Å². The molecule has 0 spiro atoms. The topological polar surface area (TPSA) is 41.1 Å². The first-order valence-corrected chi connectivity index (χ1v) is 8.06. The van der Waals surface area contributed by atoms with Gasteiger partial charge in [0, 0.05) is 25.3 Å². The van der Waals surface area contributed by atoms with Crippen molar-refractivity contribution < 1.29 is 0 Å². The summed E-state index contributed by atoms with van der Waals surface area (Å²) in [6.45, 7) is 4.79. The monoisotopic (exact) mass is 318 g/mol. The summed E-state index contributed by atoms with van der Waals surface area (Å²) < 4.78 is 0. The summed E-state index contributed by atoms with van der Waals surface area (Å²) in [4.78, 5) is 11.1. The molecule has 1 N–H and O–H groups in total. The molecule has 122 valence electrons. The highest BCUT2D eigenvalue weighted by molar-refractivity contribution is 5.61. The van der Waals surface area contributed by atoms with Crippen molar-refractivity contribution in [3.63, 3.8) is 0 Å². The lowest BCUT2D eigenvalue weighted by Gasteiger charge is -2.19. The van der Waals surface area contributed by atoms with Crippen LogP contribution in [0.15, 0.2) is 60.7 Å². The molecular formula is C20H22N4. The number of para-hydroxylation sites is 1. The zero-order valence-corrected chi connectivity index (χ0v) is 14.3. The Balaban J connectivity index is 1.80. The highest BCUT2D eigenvalue weighted by atomic mass is 15.2. The normalized spacial score (nSPS) is 10.5. The van der Waals surface area contributed by atoms with Crippen LogP contribution < -0.4 is 10.2 Å². The van der Waals surface area contributed by atoms with Crippen LogP contribution in [0.25, 0.3) is 0 Å². The van der Waals surface area contributed by atoms with Gasteiger partial charge in [-0.1, -0.05) is 42.5 Å². The van der Waals surface area contributed by atoms with Gasteiger partial charge in [-0.05, 0) is 37.1 Å². The number of anilines is 3. The predicted molar refractivity (Wildman–Crippen MR) is 99.8 cm³/mol. The van der Waals surface area contributed by atoms with Crippen molar-refractivity contribution in [2.24, 2.45) is 0 Å². The highest BCUT2D eigenvalue weighted by Crippen LogP contribution is 2.23. The van der Waals surface area contributed by atoms with Crippen molar-refractivity contribution in [3.05, 3.63) is 77.6 Å². The number of aryl methyl sites for hydroxylation is 2. The first-order valence-electron chi connectivity index (χ1n) is 8.06. The van der Waals surface area contributed by atoms with Crippen LogP contribution in [-0.4, -0.2) is 17.0 Å². The van der Waals surface area contributed by atoms with Crippen molar-refractivity contribution >= 4 is 17.3 Å². The van der Waals surface area contributed by atoms with E-state index in [-0.39, 0.29) is 0 Å². The van der Waals surface area contributed by atoms with E-state index in [1.807, 2.05) is 38.2 Å². The largest absolute Gasteiger partial charge is 0.366 e. The molecule has 1 aromatic heterocycles. The Bertz CT molecular complexity index is 815. The van der Waals surface area contributed by atoms with Crippen LogP contribution in [0.3, 0.4) is 0 Å². The van der Waals surface area contributed by atoms with Crippen molar-refractivity contribution in [1.29, 1.82) is 0 Å². The first-order chi connectivity index (χ1) is 11.6. The van der Waals surface area contributed by atoms with Crippen molar-refractivity contribution in [3.8, 4) is 0 Å². The van der Waals surface area contributed by atoms with Crippen molar-refractivity contribution in [2.45, 2.75) is 20.4 Å². The zero-order chi connectivity index (χ0) is 16.9. The fourth-order valence-electron chi connectivity index (χ4n) is 2.59.